The Labute approximate surface area is 90.2 Å². The molecule has 0 saturated heterocycles. The van der Waals surface area contributed by atoms with Crippen LogP contribution in [0.25, 0.3) is 11.0 Å². The lowest BCUT2D eigenvalue weighted by atomic mass is 10.3. The number of imidazole rings is 1. The zero-order valence-corrected chi connectivity index (χ0v) is 8.87. The van der Waals surface area contributed by atoms with Crippen LogP contribution in [0.1, 0.15) is 4.79 Å². The summed E-state index contributed by atoms with van der Waals surface area (Å²) in [5, 5.41) is 0.781. The lowest BCUT2D eigenvalue weighted by molar-refractivity contribution is 0.0944. The van der Waals surface area contributed by atoms with Crippen molar-refractivity contribution < 1.29 is 9.53 Å². The summed E-state index contributed by atoms with van der Waals surface area (Å²) in [5.74, 6) is 1.32. The molecule has 0 amide bonds. The van der Waals surface area contributed by atoms with Crippen LogP contribution in [0.2, 0.25) is 0 Å². The highest BCUT2D eigenvalue weighted by atomic mass is 32.2. The molecular weight excluding hydrogens is 212 g/mol. The predicted octanol–water partition coefficient (Wildman–Crippen LogP) is 1.79. The van der Waals surface area contributed by atoms with Gasteiger partial charge in [-0.25, -0.2) is 4.98 Å². The molecule has 0 saturated carbocycles. The average Bonchev–Trinajstić information content (AvgIpc) is 2.78. The first-order valence-electron chi connectivity index (χ1n) is 4.52. The van der Waals surface area contributed by atoms with E-state index < -0.39 is 0 Å². The van der Waals surface area contributed by atoms with E-state index in [1.54, 1.807) is 11.7 Å². The molecule has 0 radical (unpaired) electrons. The Morgan fingerprint density at radius 3 is 3.20 bits per heavy atom. The highest BCUT2D eigenvalue weighted by molar-refractivity contribution is 8.00. The third-order valence-corrected chi connectivity index (χ3v) is 3.33. The second-order valence-electron chi connectivity index (χ2n) is 3.27. The number of thioether (sulfide) groups is 1. The summed E-state index contributed by atoms with van der Waals surface area (Å²) in [5.41, 5.74) is 1.67. The molecule has 1 aromatic heterocycles. The van der Waals surface area contributed by atoms with Gasteiger partial charge in [-0.05, 0) is 12.1 Å². The average molecular weight is 220 g/mol. The quantitative estimate of drug-likeness (QED) is 0.735. The maximum Gasteiger partial charge on any atom is 0.243 e. The fourth-order valence-corrected chi connectivity index (χ4v) is 2.56. The molecule has 4 nitrogen and oxygen atoms in total. The molecular formula is C10H8N2O2S. The summed E-state index contributed by atoms with van der Waals surface area (Å²) in [6.07, 6.45) is 0. The Morgan fingerprint density at radius 2 is 2.40 bits per heavy atom. The Morgan fingerprint density at radius 1 is 1.53 bits per heavy atom. The van der Waals surface area contributed by atoms with Crippen LogP contribution >= 0.6 is 11.8 Å². The van der Waals surface area contributed by atoms with Crippen LogP contribution in [0.15, 0.2) is 23.4 Å². The number of benzene rings is 1. The van der Waals surface area contributed by atoms with Gasteiger partial charge in [-0.2, -0.15) is 0 Å². The van der Waals surface area contributed by atoms with Gasteiger partial charge < -0.3 is 4.74 Å². The van der Waals surface area contributed by atoms with Crippen molar-refractivity contribution in [3.63, 3.8) is 0 Å². The number of carbonyl (C=O) groups is 1. The molecule has 5 heteroatoms. The summed E-state index contributed by atoms with van der Waals surface area (Å²) in [6.45, 7) is 0. The minimum atomic E-state index is 0.0887. The number of ether oxygens (including phenoxy) is 1. The Bertz CT molecular complexity index is 562. The van der Waals surface area contributed by atoms with Crippen molar-refractivity contribution in [1.82, 2.24) is 9.55 Å². The van der Waals surface area contributed by atoms with Gasteiger partial charge >= 0.3 is 0 Å². The second-order valence-corrected chi connectivity index (χ2v) is 4.21. The number of carbonyl (C=O) groups excluding carboxylic acids is 1. The molecule has 1 aliphatic heterocycles. The van der Waals surface area contributed by atoms with Gasteiger partial charge in [0, 0.05) is 6.07 Å². The molecule has 76 valence electrons. The number of hydrogen-bond acceptors (Lipinski definition) is 4. The van der Waals surface area contributed by atoms with E-state index in [-0.39, 0.29) is 5.91 Å². The molecule has 2 heterocycles. The fraction of sp³-hybridized carbons (Fsp3) is 0.200. The van der Waals surface area contributed by atoms with Gasteiger partial charge in [0.2, 0.25) is 5.91 Å². The molecule has 0 unspecified atom stereocenters. The summed E-state index contributed by atoms with van der Waals surface area (Å²) in [6, 6.07) is 5.56. The van der Waals surface area contributed by atoms with Gasteiger partial charge in [-0.15, -0.1) is 0 Å². The van der Waals surface area contributed by atoms with Crippen molar-refractivity contribution in [2.75, 3.05) is 12.9 Å². The Balaban J connectivity index is 2.34. The van der Waals surface area contributed by atoms with Crippen LogP contribution in [0.4, 0.5) is 0 Å². The van der Waals surface area contributed by atoms with Crippen LogP contribution in [0.5, 0.6) is 5.75 Å². The van der Waals surface area contributed by atoms with Gasteiger partial charge in [-0.1, -0.05) is 11.8 Å². The molecule has 3 rings (SSSR count). The number of methoxy groups -OCH3 is 1. The minimum absolute atomic E-state index is 0.0887. The smallest absolute Gasteiger partial charge is 0.243 e. The van der Waals surface area contributed by atoms with E-state index in [4.69, 9.17) is 4.74 Å². The summed E-state index contributed by atoms with van der Waals surface area (Å²) >= 11 is 1.48. The fourth-order valence-electron chi connectivity index (χ4n) is 1.69. The number of aromatic nitrogens is 2. The molecule has 0 fully saturated rings. The van der Waals surface area contributed by atoms with Crippen LogP contribution in [-0.4, -0.2) is 28.3 Å². The van der Waals surface area contributed by atoms with E-state index >= 15 is 0 Å². The standard InChI is InChI=1S/C10H8N2O2S/c1-14-6-2-3-7-8(4-6)12-9(13)5-15-10(12)11-7/h2-4H,5H2,1H3. The number of fused-ring (bicyclic) bond motifs is 3. The van der Waals surface area contributed by atoms with E-state index in [0.717, 1.165) is 21.9 Å². The highest BCUT2D eigenvalue weighted by Gasteiger charge is 2.24. The van der Waals surface area contributed by atoms with Crippen molar-refractivity contribution in [1.29, 1.82) is 0 Å². The van der Waals surface area contributed by atoms with E-state index in [9.17, 15) is 4.79 Å². The number of rotatable bonds is 1. The van der Waals surface area contributed by atoms with Gasteiger partial charge in [0.05, 0.1) is 23.9 Å². The molecule has 0 atom stereocenters. The topological polar surface area (TPSA) is 44.1 Å². The van der Waals surface area contributed by atoms with Crippen molar-refractivity contribution in [3.05, 3.63) is 18.2 Å². The lowest BCUT2D eigenvalue weighted by Gasteiger charge is -2.00. The molecule has 0 aliphatic carbocycles. The van der Waals surface area contributed by atoms with Crippen LogP contribution in [-0.2, 0) is 0 Å². The third-order valence-electron chi connectivity index (χ3n) is 2.41. The lowest BCUT2D eigenvalue weighted by Crippen LogP contribution is -2.06. The maximum absolute atomic E-state index is 11.6. The Kier molecular flexibility index (Phi) is 1.76. The zero-order chi connectivity index (χ0) is 10.4. The first kappa shape index (κ1) is 8.79. The first-order valence-corrected chi connectivity index (χ1v) is 5.50. The molecule has 1 aromatic carbocycles. The third kappa shape index (κ3) is 1.16. The van der Waals surface area contributed by atoms with E-state index in [1.165, 1.54) is 11.8 Å². The van der Waals surface area contributed by atoms with Crippen LogP contribution in [0.3, 0.4) is 0 Å². The maximum atomic E-state index is 11.6. The van der Waals surface area contributed by atoms with Gasteiger partial charge in [-0.3, -0.25) is 9.36 Å². The molecule has 15 heavy (non-hydrogen) atoms. The predicted molar refractivity (Wildman–Crippen MR) is 57.6 cm³/mol. The van der Waals surface area contributed by atoms with Crippen molar-refractivity contribution in [2.24, 2.45) is 0 Å². The minimum Gasteiger partial charge on any atom is -0.497 e. The van der Waals surface area contributed by atoms with Crippen LogP contribution < -0.4 is 4.74 Å². The molecule has 0 spiro atoms. The van der Waals surface area contributed by atoms with Gasteiger partial charge in [0.25, 0.3) is 0 Å². The number of hydrogen-bond donors (Lipinski definition) is 0. The van der Waals surface area contributed by atoms with Crippen molar-refractivity contribution in [3.8, 4) is 5.75 Å². The summed E-state index contributed by atoms with van der Waals surface area (Å²) in [7, 11) is 1.61. The Hall–Kier alpha value is -1.49. The molecule has 2 aromatic rings. The van der Waals surface area contributed by atoms with E-state index in [2.05, 4.69) is 4.98 Å². The SMILES string of the molecule is COc1ccc2nc3n(c2c1)C(=O)CS3. The normalized spacial score (nSPS) is 14.6. The molecule has 0 bridgehead atoms. The first-order chi connectivity index (χ1) is 7.29. The zero-order valence-electron chi connectivity index (χ0n) is 8.06. The van der Waals surface area contributed by atoms with Crippen molar-refractivity contribution in [2.45, 2.75) is 5.16 Å². The van der Waals surface area contributed by atoms with Gasteiger partial charge in [0.1, 0.15) is 5.75 Å². The van der Waals surface area contributed by atoms with E-state index in [1.807, 2.05) is 18.2 Å². The van der Waals surface area contributed by atoms with Crippen LogP contribution in [0, 0.1) is 0 Å². The molecule has 1 aliphatic rings. The summed E-state index contributed by atoms with van der Waals surface area (Å²) < 4.78 is 6.78. The monoisotopic (exact) mass is 220 g/mol. The highest BCUT2D eigenvalue weighted by Crippen LogP contribution is 2.31. The van der Waals surface area contributed by atoms with E-state index in [0.29, 0.717) is 5.75 Å². The number of nitrogens with zero attached hydrogens (tertiary/aromatic N) is 2. The van der Waals surface area contributed by atoms with Crippen molar-refractivity contribution >= 4 is 28.7 Å². The molecule has 0 N–H and O–H groups in total. The van der Waals surface area contributed by atoms with Gasteiger partial charge in [0.15, 0.2) is 5.16 Å². The summed E-state index contributed by atoms with van der Waals surface area (Å²) in [4.78, 5) is 16.0. The largest absolute Gasteiger partial charge is 0.497 e. The second kappa shape index (κ2) is 3.00.